The fourth-order valence-electron chi connectivity index (χ4n) is 2.92. The second kappa shape index (κ2) is 8.54. The van der Waals surface area contributed by atoms with Gasteiger partial charge in [-0.3, -0.25) is 0 Å². The number of rotatable bonds is 6. The molecule has 0 aromatic carbocycles. The molecule has 2 rings (SSSR count). The van der Waals surface area contributed by atoms with Crippen LogP contribution in [0.4, 0.5) is 0 Å². The fraction of sp³-hybridized carbons (Fsp3) is 1.00. The van der Waals surface area contributed by atoms with Gasteiger partial charge in [-0.05, 0) is 38.6 Å². The predicted octanol–water partition coefficient (Wildman–Crippen LogP) is 1.38. The Kier molecular flexibility index (Phi) is 7.75. The van der Waals surface area contributed by atoms with Crippen molar-refractivity contribution in [1.29, 1.82) is 0 Å². The highest BCUT2D eigenvalue weighted by atomic mass is 35.5. The lowest BCUT2D eigenvalue weighted by Gasteiger charge is -2.30. The summed E-state index contributed by atoms with van der Waals surface area (Å²) >= 11 is 0. The molecule has 2 fully saturated rings. The molecule has 2 saturated heterocycles. The van der Waals surface area contributed by atoms with Gasteiger partial charge in [0.05, 0.1) is 11.9 Å². The van der Waals surface area contributed by atoms with Crippen molar-refractivity contribution in [3.05, 3.63) is 0 Å². The van der Waals surface area contributed by atoms with Crippen LogP contribution in [0.5, 0.6) is 0 Å². The van der Waals surface area contributed by atoms with Gasteiger partial charge in [-0.2, -0.15) is 4.31 Å². The van der Waals surface area contributed by atoms with Crippen molar-refractivity contribution in [2.45, 2.75) is 51.2 Å². The van der Waals surface area contributed by atoms with Crippen LogP contribution in [0, 0.1) is 0 Å². The molecule has 5 nitrogen and oxygen atoms in total. The van der Waals surface area contributed by atoms with Crippen LogP contribution >= 0.6 is 12.4 Å². The summed E-state index contributed by atoms with van der Waals surface area (Å²) in [7, 11) is -3.20. The van der Waals surface area contributed by atoms with E-state index in [0.29, 0.717) is 13.2 Å². The van der Waals surface area contributed by atoms with Crippen LogP contribution in [0.1, 0.15) is 39.0 Å². The average molecular weight is 327 g/mol. The summed E-state index contributed by atoms with van der Waals surface area (Å²) in [6.45, 7) is 5.06. The van der Waals surface area contributed by atoms with E-state index in [1.165, 1.54) is 0 Å². The number of ether oxygens (including phenoxy) is 1. The van der Waals surface area contributed by atoms with Crippen molar-refractivity contribution < 1.29 is 13.2 Å². The van der Waals surface area contributed by atoms with Gasteiger partial charge in [0.2, 0.25) is 10.0 Å². The van der Waals surface area contributed by atoms with Gasteiger partial charge in [-0.15, -0.1) is 12.4 Å². The Bertz CT molecular complexity index is 366. The maximum atomic E-state index is 12.6. The Hall–Kier alpha value is 0.120. The van der Waals surface area contributed by atoms with Gasteiger partial charge in [-0.25, -0.2) is 8.42 Å². The molecule has 2 atom stereocenters. The van der Waals surface area contributed by atoms with E-state index in [4.69, 9.17) is 4.74 Å². The molecule has 0 radical (unpaired) electrons. The Morgan fingerprint density at radius 1 is 1.30 bits per heavy atom. The van der Waals surface area contributed by atoms with Crippen LogP contribution in [-0.2, 0) is 14.8 Å². The fourth-order valence-corrected chi connectivity index (χ4v) is 4.94. The molecule has 20 heavy (non-hydrogen) atoms. The van der Waals surface area contributed by atoms with E-state index in [1.807, 2.05) is 6.92 Å². The summed E-state index contributed by atoms with van der Waals surface area (Å²) in [5, 5.41) is 3.25. The van der Waals surface area contributed by atoms with Crippen LogP contribution < -0.4 is 5.32 Å². The zero-order valence-corrected chi connectivity index (χ0v) is 13.8. The highest BCUT2D eigenvalue weighted by Crippen LogP contribution is 2.20. The molecule has 2 aliphatic heterocycles. The van der Waals surface area contributed by atoms with Crippen molar-refractivity contribution in [3.63, 3.8) is 0 Å². The van der Waals surface area contributed by atoms with Crippen LogP contribution in [0.2, 0.25) is 0 Å². The maximum absolute atomic E-state index is 12.6. The van der Waals surface area contributed by atoms with Crippen LogP contribution in [0.15, 0.2) is 0 Å². The number of nitrogens with zero attached hydrogens (tertiary/aromatic N) is 1. The van der Waals surface area contributed by atoms with Gasteiger partial charge in [0.15, 0.2) is 0 Å². The quantitative estimate of drug-likeness (QED) is 0.801. The third-order valence-corrected chi connectivity index (χ3v) is 5.90. The lowest BCUT2D eigenvalue weighted by molar-refractivity contribution is 0.0297. The third-order valence-electron chi connectivity index (χ3n) is 3.91. The third kappa shape index (κ3) is 4.84. The van der Waals surface area contributed by atoms with Crippen LogP contribution in [0.3, 0.4) is 0 Å². The maximum Gasteiger partial charge on any atom is 0.216 e. The summed E-state index contributed by atoms with van der Waals surface area (Å²) in [6.07, 6.45) is 4.70. The van der Waals surface area contributed by atoms with Crippen molar-refractivity contribution in [2.75, 3.05) is 32.0 Å². The van der Waals surface area contributed by atoms with Crippen molar-refractivity contribution >= 4 is 22.4 Å². The van der Waals surface area contributed by atoms with Crippen molar-refractivity contribution in [1.82, 2.24) is 9.62 Å². The van der Waals surface area contributed by atoms with Gasteiger partial charge in [0.25, 0.3) is 0 Å². The van der Waals surface area contributed by atoms with Crippen molar-refractivity contribution in [2.24, 2.45) is 0 Å². The first-order valence-corrected chi connectivity index (χ1v) is 9.06. The molecule has 0 saturated carbocycles. The minimum atomic E-state index is -3.20. The number of halogens is 1. The molecular formula is C13H27ClN2O3S. The summed E-state index contributed by atoms with van der Waals surface area (Å²) < 4.78 is 32.5. The van der Waals surface area contributed by atoms with E-state index in [-0.39, 0.29) is 30.3 Å². The largest absolute Gasteiger partial charge is 0.377 e. The number of sulfonamides is 1. The molecule has 0 aliphatic carbocycles. The molecule has 2 heterocycles. The zero-order chi connectivity index (χ0) is 13.7. The molecule has 0 spiro atoms. The highest BCUT2D eigenvalue weighted by molar-refractivity contribution is 7.89. The molecular weight excluding hydrogens is 300 g/mol. The second-order valence-electron chi connectivity index (χ2n) is 5.52. The second-order valence-corrected chi connectivity index (χ2v) is 7.49. The Morgan fingerprint density at radius 3 is 2.65 bits per heavy atom. The van der Waals surface area contributed by atoms with Gasteiger partial charge in [0.1, 0.15) is 0 Å². The molecule has 120 valence electrons. The average Bonchev–Trinajstić information content (AvgIpc) is 2.90. The number of hydrogen-bond donors (Lipinski definition) is 1. The standard InChI is InChI=1S/C13H26N2O3S.ClH/c1-2-8-15(12-6-7-14-10-12)19(16,17)11-13-5-3-4-9-18-13;/h12-14H,2-11H2,1H3;1H. The Balaban J connectivity index is 0.00000200. The first-order chi connectivity index (χ1) is 9.13. The predicted molar refractivity (Wildman–Crippen MR) is 82.9 cm³/mol. The normalized spacial score (nSPS) is 27.5. The molecule has 0 amide bonds. The molecule has 0 aromatic heterocycles. The van der Waals surface area contributed by atoms with Crippen LogP contribution in [0.25, 0.3) is 0 Å². The first-order valence-electron chi connectivity index (χ1n) is 7.45. The molecule has 1 N–H and O–H groups in total. The van der Waals surface area contributed by atoms with E-state index in [0.717, 1.165) is 45.2 Å². The van der Waals surface area contributed by atoms with Crippen LogP contribution in [-0.4, -0.2) is 56.9 Å². The first kappa shape index (κ1) is 18.2. The topological polar surface area (TPSA) is 58.6 Å². The van der Waals surface area contributed by atoms with E-state index < -0.39 is 10.0 Å². The molecule has 0 aromatic rings. The SMILES string of the molecule is CCCN(C1CCNC1)S(=O)(=O)CC1CCCCO1.Cl. The highest BCUT2D eigenvalue weighted by Gasteiger charge is 2.33. The van der Waals surface area contributed by atoms with E-state index in [2.05, 4.69) is 5.32 Å². The molecule has 7 heteroatoms. The molecule has 0 bridgehead atoms. The minimum absolute atomic E-state index is 0. The van der Waals surface area contributed by atoms with E-state index >= 15 is 0 Å². The summed E-state index contributed by atoms with van der Waals surface area (Å²) in [6, 6.07) is 0.133. The lowest BCUT2D eigenvalue weighted by atomic mass is 10.1. The minimum Gasteiger partial charge on any atom is -0.377 e. The van der Waals surface area contributed by atoms with Gasteiger partial charge < -0.3 is 10.1 Å². The zero-order valence-electron chi connectivity index (χ0n) is 12.2. The monoisotopic (exact) mass is 326 g/mol. The molecule has 2 aliphatic rings. The van der Waals surface area contributed by atoms with Gasteiger partial charge >= 0.3 is 0 Å². The summed E-state index contributed by atoms with van der Waals surface area (Å²) in [5.41, 5.74) is 0. The van der Waals surface area contributed by atoms with E-state index in [9.17, 15) is 8.42 Å². The Morgan fingerprint density at radius 2 is 2.10 bits per heavy atom. The lowest BCUT2D eigenvalue weighted by Crippen LogP contribution is -2.45. The number of hydrogen-bond acceptors (Lipinski definition) is 4. The summed E-state index contributed by atoms with van der Waals surface area (Å²) in [4.78, 5) is 0. The van der Waals surface area contributed by atoms with Gasteiger partial charge in [-0.1, -0.05) is 6.92 Å². The Labute approximate surface area is 128 Å². The van der Waals surface area contributed by atoms with Crippen molar-refractivity contribution in [3.8, 4) is 0 Å². The summed E-state index contributed by atoms with van der Waals surface area (Å²) in [5.74, 6) is 0.156. The van der Waals surface area contributed by atoms with E-state index in [1.54, 1.807) is 4.31 Å². The molecule has 2 unspecified atom stereocenters. The number of nitrogens with one attached hydrogen (secondary N) is 1. The van der Waals surface area contributed by atoms with Gasteiger partial charge in [0, 0.05) is 25.7 Å². The smallest absolute Gasteiger partial charge is 0.216 e.